The van der Waals surface area contributed by atoms with Crippen LogP contribution in [0.5, 0.6) is 0 Å². The van der Waals surface area contributed by atoms with E-state index < -0.39 is 0 Å². The minimum atomic E-state index is -0.282. The molecule has 0 heterocycles. The number of rotatable bonds is 7. The molecule has 6 heteroatoms. The SMILES string of the molecule is COCCNC(=O)CN(C(C)=O)c1cccc(C(C)=O)c1. The average Bonchev–Trinajstić information content (AvgIpc) is 2.45. The van der Waals surface area contributed by atoms with Crippen LogP contribution in [-0.4, -0.2) is 44.4 Å². The van der Waals surface area contributed by atoms with Crippen LogP contribution >= 0.6 is 0 Å². The fourth-order valence-corrected chi connectivity index (χ4v) is 1.77. The van der Waals surface area contributed by atoms with Gasteiger partial charge in [0.1, 0.15) is 6.54 Å². The zero-order valence-corrected chi connectivity index (χ0v) is 12.5. The molecule has 0 saturated carbocycles. The minimum absolute atomic E-state index is 0.0927. The van der Waals surface area contributed by atoms with Crippen molar-refractivity contribution in [3.8, 4) is 0 Å². The molecule has 1 aromatic rings. The summed E-state index contributed by atoms with van der Waals surface area (Å²) in [5.74, 6) is -0.641. The Labute approximate surface area is 124 Å². The number of ether oxygens (including phenoxy) is 1. The maximum absolute atomic E-state index is 11.8. The molecule has 1 N–H and O–H groups in total. The number of benzene rings is 1. The first kappa shape index (κ1) is 16.8. The van der Waals surface area contributed by atoms with Crippen molar-refractivity contribution in [2.75, 3.05) is 31.7 Å². The number of hydrogen-bond donors (Lipinski definition) is 1. The van der Waals surface area contributed by atoms with E-state index in [1.165, 1.54) is 18.7 Å². The molecular weight excluding hydrogens is 272 g/mol. The maximum Gasteiger partial charge on any atom is 0.240 e. The molecule has 0 atom stereocenters. The summed E-state index contributed by atoms with van der Waals surface area (Å²) in [6.07, 6.45) is 0. The van der Waals surface area contributed by atoms with Gasteiger partial charge in [-0.05, 0) is 19.1 Å². The maximum atomic E-state index is 11.8. The van der Waals surface area contributed by atoms with Gasteiger partial charge in [0.05, 0.1) is 6.61 Å². The van der Waals surface area contributed by atoms with Gasteiger partial charge in [0.25, 0.3) is 0 Å². The first-order valence-corrected chi connectivity index (χ1v) is 6.60. The van der Waals surface area contributed by atoms with Gasteiger partial charge in [-0.2, -0.15) is 0 Å². The molecule has 0 unspecified atom stereocenters. The lowest BCUT2D eigenvalue weighted by Gasteiger charge is -2.21. The summed E-state index contributed by atoms with van der Waals surface area (Å²) in [6.45, 7) is 3.53. The first-order valence-electron chi connectivity index (χ1n) is 6.60. The molecule has 2 amide bonds. The first-order chi connectivity index (χ1) is 9.95. The molecule has 0 fully saturated rings. The van der Waals surface area contributed by atoms with Crippen LogP contribution in [0.25, 0.3) is 0 Å². The van der Waals surface area contributed by atoms with Crippen LogP contribution in [0.15, 0.2) is 24.3 Å². The lowest BCUT2D eigenvalue weighted by atomic mass is 10.1. The third-order valence-corrected chi connectivity index (χ3v) is 2.87. The molecule has 0 aromatic heterocycles. The Morgan fingerprint density at radius 1 is 1.24 bits per heavy atom. The van der Waals surface area contributed by atoms with Crippen molar-refractivity contribution >= 4 is 23.3 Å². The van der Waals surface area contributed by atoms with Gasteiger partial charge in [-0.3, -0.25) is 14.4 Å². The van der Waals surface area contributed by atoms with Gasteiger partial charge >= 0.3 is 0 Å². The van der Waals surface area contributed by atoms with Gasteiger partial charge in [-0.25, -0.2) is 0 Å². The largest absolute Gasteiger partial charge is 0.383 e. The van der Waals surface area contributed by atoms with Crippen molar-refractivity contribution < 1.29 is 19.1 Å². The fourth-order valence-electron chi connectivity index (χ4n) is 1.77. The Hall–Kier alpha value is -2.21. The van der Waals surface area contributed by atoms with Crippen molar-refractivity contribution in [3.63, 3.8) is 0 Å². The summed E-state index contributed by atoms with van der Waals surface area (Å²) in [4.78, 5) is 36.2. The Morgan fingerprint density at radius 2 is 1.95 bits per heavy atom. The molecule has 0 aliphatic heterocycles. The Morgan fingerprint density at radius 3 is 2.52 bits per heavy atom. The van der Waals surface area contributed by atoms with Crippen LogP contribution in [0, 0.1) is 0 Å². The summed E-state index contributed by atoms with van der Waals surface area (Å²) in [7, 11) is 1.54. The highest BCUT2D eigenvalue weighted by Gasteiger charge is 2.16. The normalized spacial score (nSPS) is 10.0. The number of amides is 2. The van der Waals surface area contributed by atoms with Crippen molar-refractivity contribution in [3.05, 3.63) is 29.8 Å². The minimum Gasteiger partial charge on any atom is -0.383 e. The van der Waals surface area contributed by atoms with Gasteiger partial charge in [0.15, 0.2) is 5.78 Å². The molecule has 6 nitrogen and oxygen atoms in total. The number of hydrogen-bond acceptors (Lipinski definition) is 4. The average molecular weight is 292 g/mol. The molecule has 0 bridgehead atoms. The number of carbonyl (C=O) groups excluding carboxylic acids is 3. The van der Waals surface area contributed by atoms with Gasteiger partial charge < -0.3 is 15.0 Å². The van der Waals surface area contributed by atoms with Crippen LogP contribution in [0.4, 0.5) is 5.69 Å². The van der Waals surface area contributed by atoms with E-state index in [1.54, 1.807) is 31.4 Å². The summed E-state index contributed by atoms with van der Waals surface area (Å²) in [5.41, 5.74) is 1.02. The second kappa shape index (κ2) is 8.16. The predicted molar refractivity (Wildman–Crippen MR) is 79.4 cm³/mol. The number of nitrogens with one attached hydrogen (secondary N) is 1. The smallest absolute Gasteiger partial charge is 0.240 e. The molecular formula is C15H20N2O4. The molecule has 0 aliphatic rings. The Bertz CT molecular complexity index is 528. The molecule has 0 radical (unpaired) electrons. The number of anilines is 1. The number of methoxy groups -OCH3 is 1. The van der Waals surface area contributed by atoms with Gasteiger partial charge in [-0.1, -0.05) is 12.1 Å². The summed E-state index contributed by atoms with van der Waals surface area (Å²) >= 11 is 0. The summed E-state index contributed by atoms with van der Waals surface area (Å²) in [6, 6.07) is 6.65. The zero-order chi connectivity index (χ0) is 15.8. The van der Waals surface area contributed by atoms with Crippen LogP contribution in [-0.2, 0) is 14.3 Å². The second-order valence-corrected chi connectivity index (χ2v) is 4.55. The number of Topliss-reactive ketones (excluding diaryl/α,β-unsaturated/α-hetero) is 1. The third kappa shape index (κ3) is 5.35. The van der Waals surface area contributed by atoms with E-state index in [2.05, 4.69) is 5.32 Å². The molecule has 1 aromatic carbocycles. The Kier molecular flexibility index (Phi) is 6.55. The molecule has 114 valence electrons. The molecule has 0 aliphatic carbocycles. The Balaban J connectivity index is 2.82. The monoisotopic (exact) mass is 292 g/mol. The topological polar surface area (TPSA) is 75.7 Å². The number of carbonyl (C=O) groups is 3. The number of ketones is 1. The van der Waals surface area contributed by atoms with Gasteiger partial charge in [0, 0.05) is 31.8 Å². The molecule has 0 spiro atoms. The fraction of sp³-hybridized carbons (Fsp3) is 0.400. The second-order valence-electron chi connectivity index (χ2n) is 4.55. The van der Waals surface area contributed by atoms with Crippen molar-refractivity contribution in [1.82, 2.24) is 5.32 Å². The molecule has 21 heavy (non-hydrogen) atoms. The van der Waals surface area contributed by atoms with Gasteiger partial charge in [-0.15, -0.1) is 0 Å². The van der Waals surface area contributed by atoms with E-state index >= 15 is 0 Å². The summed E-state index contributed by atoms with van der Waals surface area (Å²) < 4.78 is 4.84. The van der Waals surface area contributed by atoms with E-state index in [9.17, 15) is 14.4 Å². The van der Waals surface area contributed by atoms with Crippen LogP contribution in [0.2, 0.25) is 0 Å². The highest BCUT2D eigenvalue weighted by Crippen LogP contribution is 2.16. The highest BCUT2D eigenvalue weighted by atomic mass is 16.5. The lowest BCUT2D eigenvalue weighted by molar-refractivity contribution is -0.123. The standard InChI is InChI=1S/C15H20N2O4/c1-11(18)13-5-4-6-14(9-13)17(12(2)19)10-15(20)16-7-8-21-3/h4-6,9H,7-8,10H2,1-3H3,(H,16,20). The van der Waals surface area contributed by atoms with E-state index in [0.717, 1.165) is 0 Å². The van der Waals surface area contributed by atoms with Crippen LogP contribution < -0.4 is 10.2 Å². The summed E-state index contributed by atoms with van der Waals surface area (Å²) in [5, 5.41) is 2.65. The quantitative estimate of drug-likeness (QED) is 0.601. The van der Waals surface area contributed by atoms with Gasteiger partial charge in [0.2, 0.25) is 11.8 Å². The van der Waals surface area contributed by atoms with E-state index in [-0.39, 0.29) is 24.1 Å². The van der Waals surface area contributed by atoms with Crippen LogP contribution in [0.3, 0.4) is 0 Å². The predicted octanol–water partition coefficient (Wildman–Crippen LogP) is 1.00. The van der Waals surface area contributed by atoms with Crippen molar-refractivity contribution in [2.24, 2.45) is 0 Å². The highest BCUT2D eigenvalue weighted by molar-refractivity contribution is 6.00. The van der Waals surface area contributed by atoms with E-state index in [1.807, 2.05) is 0 Å². The van der Waals surface area contributed by atoms with Crippen molar-refractivity contribution in [1.29, 1.82) is 0 Å². The lowest BCUT2D eigenvalue weighted by Crippen LogP contribution is -2.40. The van der Waals surface area contributed by atoms with E-state index in [4.69, 9.17) is 4.74 Å². The van der Waals surface area contributed by atoms with Crippen molar-refractivity contribution in [2.45, 2.75) is 13.8 Å². The molecule has 0 saturated heterocycles. The third-order valence-electron chi connectivity index (χ3n) is 2.87. The van der Waals surface area contributed by atoms with Crippen LogP contribution in [0.1, 0.15) is 24.2 Å². The number of nitrogens with zero attached hydrogens (tertiary/aromatic N) is 1. The molecule has 1 rings (SSSR count). The zero-order valence-electron chi connectivity index (χ0n) is 12.5. The van der Waals surface area contributed by atoms with E-state index in [0.29, 0.717) is 24.4 Å².